The van der Waals surface area contributed by atoms with Gasteiger partial charge in [0.2, 0.25) is 0 Å². The van der Waals surface area contributed by atoms with Crippen LogP contribution in [-0.4, -0.2) is 19.1 Å². The van der Waals surface area contributed by atoms with Gasteiger partial charge in [0, 0.05) is 6.54 Å². The van der Waals surface area contributed by atoms with Crippen LogP contribution in [0.1, 0.15) is 53.2 Å². The maximum atomic E-state index is 12.4. The number of fused-ring (bicyclic) bond motifs is 1. The Kier molecular flexibility index (Phi) is 4.65. The third-order valence-electron chi connectivity index (χ3n) is 4.39. The molecule has 1 heterocycles. The molecular formula is C20H23NO2. The fourth-order valence-electron chi connectivity index (χ4n) is 3.19. The molecule has 0 aliphatic carbocycles. The molecule has 0 fully saturated rings. The van der Waals surface area contributed by atoms with Crippen LogP contribution in [0.5, 0.6) is 0 Å². The molecule has 1 unspecified atom stereocenters. The Labute approximate surface area is 137 Å². The van der Waals surface area contributed by atoms with Gasteiger partial charge in [-0.15, -0.1) is 0 Å². The van der Waals surface area contributed by atoms with E-state index in [2.05, 4.69) is 30.4 Å². The first-order chi connectivity index (χ1) is 11.2. The molecule has 0 radical (unpaired) electrons. The van der Waals surface area contributed by atoms with Crippen LogP contribution >= 0.6 is 0 Å². The van der Waals surface area contributed by atoms with Gasteiger partial charge in [0.05, 0.1) is 17.9 Å². The Morgan fingerprint density at radius 3 is 2.74 bits per heavy atom. The van der Waals surface area contributed by atoms with Crippen LogP contribution in [0.15, 0.2) is 42.5 Å². The Balaban J connectivity index is 2.02. The van der Waals surface area contributed by atoms with E-state index in [4.69, 9.17) is 4.74 Å². The zero-order valence-electron chi connectivity index (χ0n) is 13.8. The van der Waals surface area contributed by atoms with E-state index in [1.807, 2.05) is 31.2 Å². The molecule has 23 heavy (non-hydrogen) atoms. The first kappa shape index (κ1) is 15.6. The van der Waals surface area contributed by atoms with Gasteiger partial charge in [-0.3, -0.25) is 0 Å². The normalized spacial score (nSPS) is 16.3. The van der Waals surface area contributed by atoms with Crippen molar-refractivity contribution in [1.82, 2.24) is 0 Å². The summed E-state index contributed by atoms with van der Waals surface area (Å²) >= 11 is 0. The van der Waals surface area contributed by atoms with Gasteiger partial charge in [-0.25, -0.2) is 4.79 Å². The molecule has 1 N–H and O–H groups in total. The highest BCUT2D eigenvalue weighted by Crippen LogP contribution is 2.35. The monoisotopic (exact) mass is 309 g/mol. The minimum Gasteiger partial charge on any atom is -0.462 e. The van der Waals surface area contributed by atoms with Crippen molar-refractivity contribution in [2.24, 2.45) is 0 Å². The minimum absolute atomic E-state index is 0.236. The largest absolute Gasteiger partial charge is 0.462 e. The standard InChI is InChI=1S/C20H23NO2/c1-3-23-20(22)18-13-16(11-15-7-5-4-6-8-15)12-17-14(2)9-10-21-19(17)18/h4-8,12-14,21H,3,9-11H2,1-2H3. The van der Waals surface area contributed by atoms with Crippen LogP contribution in [0.3, 0.4) is 0 Å². The molecule has 3 rings (SSSR count). The molecular weight excluding hydrogens is 286 g/mol. The van der Waals surface area contributed by atoms with Gasteiger partial charge in [0.15, 0.2) is 0 Å². The fraction of sp³-hybridized carbons (Fsp3) is 0.350. The summed E-state index contributed by atoms with van der Waals surface area (Å²) in [5, 5.41) is 3.39. The van der Waals surface area contributed by atoms with E-state index in [0.29, 0.717) is 18.1 Å². The van der Waals surface area contributed by atoms with Crippen LogP contribution in [-0.2, 0) is 11.2 Å². The molecule has 0 saturated heterocycles. The van der Waals surface area contributed by atoms with Crippen molar-refractivity contribution in [3.05, 3.63) is 64.7 Å². The number of hydrogen-bond acceptors (Lipinski definition) is 3. The first-order valence-electron chi connectivity index (χ1n) is 8.30. The summed E-state index contributed by atoms with van der Waals surface area (Å²) in [6.07, 6.45) is 1.91. The van der Waals surface area contributed by atoms with Gasteiger partial charge < -0.3 is 10.1 Å². The SMILES string of the molecule is CCOC(=O)c1cc(Cc2ccccc2)cc2c1NCCC2C. The highest BCUT2D eigenvalue weighted by molar-refractivity contribution is 5.97. The molecule has 3 heteroatoms. The average molecular weight is 309 g/mol. The zero-order chi connectivity index (χ0) is 16.2. The lowest BCUT2D eigenvalue weighted by atomic mass is 9.87. The van der Waals surface area contributed by atoms with E-state index in [0.717, 1.165) is 30.6 Å². The van der Waals surface area contributed by atoms with Gasteiger partial charge in [-0.2, -0.15) is 0 Å². The van der Waals surface area contributed by atoms with Crippen molar-refractivity contribution in [3.63, 3.8) is 0 Å². The molecule has 2 aromatic rings. The maximum Gasteiger partial charge on any atom is 0.340 e. The second-order valence-electron chi connectivity index (χ2n) is 6.11. The Bertz CT molecular complexity index is 694. The summed E-state index contributed by atoms with van der Waals surface area (Å²) in [6, 6.07) is 14.6. The third-order valence-corrected chi connectivity index (χ3v) is 4.39. The number of esters is 1. The van der Waals surface area contributed by atoms with Crippen LogP contribution in [0.2, 0.25) is 0 Å². The molecule has 2 aromatic carbocycles. The molecule has 0 spiro atoms. The van der Waals surface area contributed by atoms with Gasteiger partial charge in [-0.1, -0.05) is 43.3 Å². The molecule has 0 saturated carbocycles. The minimum atomic E-state index is -0.236. The van der Waals surface area contributed by atoms with Crippen LogP contribution in [0.25, 0.3) is 0 Å². The summed E-state index contributed by atoms with van der Waals surface area (Å²) in [5.41, 5.74) is 5.26. The maximum absolute atomic E-state index is 12.4. The molecule has 1 aliphatic rings. The number of benzene rings is 2. The van der Waals surface area contributed by atoms with E-state index < -0.39 is 0 Å². The molecule has 3 nitrogen and oxygen atoms in total. The van der Waals surface area contributed by atoms with Crippen molar-refractivity contribution >= 4 is 11.7 Å². The molecule has 0 aromatic heterocycles. The predicted octanol–water partition coefficient (Wildman–Crippen LogP) is 4.37. The third kappa shape index (κ3) is 3.39. The highest BCUT2D eigenvalue weighted by Gasteiger charge is 2.23. The van der Waals surface area contributed by atoms with E-state index in [1.165, 1.54) is 11.1 Å². The molecule has 1 atom stereocenters. The lowest BCUT2D eigenvalue weighted by molar-refractivity contribution is 0.0527. The van der Waals surface area contributed by atoms with Gasteiger partial charge >= 0.3 is 5.97 Å². The topological polar surface area (TPSA) is 38.3 Å². The molecule has 0 amide bonds. The second-order valence-corrected chi connectivity index (χ2v) is 6.11. The summed E-state index contributed by atoms with van der Waals surface area (Å²) in [7, 11) is 0. The van der Waals surface area contributed by atoms with Crippen molar-refractivity contribution < 1.29 is 9.53 Å². The van der Waals surface area contributed by atoms with E-state index >= 15 is 0 Å². The first-order valence-corrected chi connectivity index (χ1v) is 8.30. The average Bonchev–Trinajstić information content (AvgIpc) is 2.56. The fourth-order valence-corrected chi connectivity index (χ4v) is 3.19. The van der Waals surface area contributed by atoms with Crippen molar-refractivity contribution in [1.29, 1.82) is 0 Å². The Morgan fingerprint density at radius 2 is 2.00 bits per heavy atom. The van der Waals surface area contributed by atoms with Crippen LogP contribution < -0.4 is 5.32 Å². The number of rotatable bonds is 4. The van der Waals surface area contributed by atoms with Crippen molar-refractivity contribution in [3.8, 4) is 0 Å². The molecule has 120 valence electrons. The summed E-state index contributed by atoms with van der Waals surface area (Å²) < 4.78 is 5.26. The number of nitrogens with one attached hydrogen (secondary N) is 1. The second kappa shape index (κ2) is 6.86. The number of carbonyl (C=O) groups is 1. The van der Waals surface area contributed by atoms with Gasteiger partial charge in [0.25, 0.3) is 0 Å². The summed E-state index contributed by atoms with van der Waals surface area (Å²) in [5.74, 6) is 0.218. The number of ether oxygens (including phenoxy) is 1. The number of hydrogen-bond donors (Lipinski definition) is 1. The van der Waals surface area contributed by atoms with Crippen LogP contribution in [0.4, 0.5) is 5.69 Å². The molecule has 0 bridgehead atoms. The van der Waals surface area contributed by atoms with E-state index in [-0.39, 0.29) is 5.97 Å². The Hall–Kier alpha value is -2.29. The van der Waals surface area contributed by atoms with Crippen molar-refractivity contribution in [2.75, 3.05) is 18.5 Å². The smallest absolute Gasteiger partial charge is 0.340 e. The van der Waals surface area contributed by atoms with Crippen LogP contribution in [0, 0.1) is 0 Å². The lowest BCUT2D eigenvalue weighted by Gasteiger charge is -2.26. The molecule has 1 aliphatic heterocycles. The van der Waals surface area contributed by atoms with E-state index in [1.54, 1.807) is 0 Å². The van der Waals surface area contributed by atoms with Gasteiger partial charge in [-0.05, 0) is 48.4 Å². The summed E-state index contributed by atoms with van der Waals surface area (Å²) in [4.78, 5) is 12.4. The summed E-state index contributed by atoms with van der Waals surface area (Å²) in [6.45, 7) is 5.36. The number of anilines is 1. The lowest BCUT2D eigenvalue weighted by Crippen LogP contribution is -2.20. The zero-order valence-corrected chi connectivity index (χ0v) is 13.8. The Morgan fingerprint density at radius 1 is 1.22 bits per heavy atom. The van der Waals surface area contributed by atoms with Crippen molar-refractivity contribution in [2.45, 2.75) is 32.6 Å². The number of carbonyl (C=O) groups excluding carboxylic acids is 1. The van der Waals surface area contributed by atoms with Gasteiger partial charge in [0.1, 0.15) is 0 Å². The quantitative estimate of drug-likeness (QED) is 0.852. The van der Waals surface area contributed by atoms with E-state index in [9.17, 15) is 4.79 Å². The predicted molar refractivity (Wildman–Crippen MR) is 93.2 cm³/mol. The highest BCUT2D eigenvalue weighted by atomic mass is 16.5.